The van der Waals surface area contributed by atoms with E-state index in [1.165, 1.54) is 19.1 Å². The van der Waals surface area contributed by atoms with E-state index in [9.17, 15) is 9.59 Å². The minimum atomic E-state index is -0.184. The molecule has 1 aromatic heterocycles. The highest BCUT2D eigenvalue weighted by Crippen LogP contribution is 2.26. The van der Waals surface area contributed by atoms with Crippen molar-refractivity contribution < 1.29 is 14.0 Å². The predicted octanol–water partition coefficient (Wildman–Crippen LogP) is 5.02. The standard InChI is InChI=1S/C25H33N3O3/c1-18-10-8-9-15-21(18)25(30)28(20-13-6-3-7-14-20)16-23-27-22(17-31-23)24(29)26-19-11-4-2-5-12-19/h8-10,15,17,19-20H,2-7,11-14,16H2,1H3,(H,26,29). The van der Waals surface area contributed by atoms with Gasteiger partial charge in [0, 0.05) is 17.6 Å². The molecule has 2 fully saturated rings. The van der Waals surface area contributed by atoms with Crippen LogP contribution >= 0.6 is 0 Å². The Hall–Kier alpha value is -2.63. The van der Waals surface area contributed by atoms with E-state index < -0.39 is 0 Å². The summed E-state index contributed by atoms with van der Waals surface area (Å²) in [4.78, 5) is 32.4. The van der Waals surface area contributed by atoms with Crippen LogP contribution in [0.25, 0.3) is 0 Å². The third-order valence-electron chi connectivity index (χ3n) is 6.68. The van der Waals surface area contributed by atoms with Gasteiger partial charge >= 0.3 is 0 Å². The van der Waals surface area contributed by atoms with Gasteiger partial charge in [-0.2, -0.15) is 0 Å². The van der Waals surface area contributed by atoms with Crippen molar-refractivity contribution in [2.75, 3.05) is 0 Å². The van der Waals surface area contributed by atoms with Gasteiger partial charge in [0.25, 0.3) is 11.8 Å². The summed E-state index contributed by atoms with van der Waals surface area (Å²) < 4.78 is 5.65. The first-order valence-electron chi connectivity index (χ1n) is 11.7. The van der Waals surface area contributed by atoms with Gasteiger partial charge in [-0.3, -0.25) is 9.59 Å². The number of carbonyl (C=O) groups excluding carboxylic acids is 2. The van der Waals surface area contributed by atoms with Crippen LogP contribution in [0.5, 0.6) is 0 Å². The van der Waals surface area contributed by atoms with Crippen LogP contribution in [0.1, 0.15) is 96.5 Å². The normalized spacial score (nSPS) is 18.0. The Morgan fingerprint density at radius 1 is 1.03 bits per heavy atom. The average molecular weight is 424 g/mol. The number of hydrogen-bond acceptors (Lipinski definition) is 4. The summed E-state index contributed by atoms with van der Waals surface area (Å²) >= 11 is 0. The number of nitrogens with one attached hydrogen (secondary N) is 1. The number of benzene rings is 1. The fourth-order valence-electron chi connectivity index (χ4n) is 4.87. The molecule has 2 amide bonds. The molecule has 31 heavy (non-hydrogen) atoms. The van der Waals surface area contributed by atoms with Crippen molar-refractivity contribution in [2.24, 2.45) is 0 Å². The van der Waals surface area contributed by atoms with Crippen LogP contribution in [-0.4, -0.2) is 33.8 Å². The quantitative estimate of drug-likeness (QED) is 0.708. The van der Waals surface area contributed by atoms with E-state index in [0.717, 1.165) is 62.5 Å². The molecule has 0 aliphatic heterocycles. The van der Waals surface area contributed by atoms with Gasteiger partial charge in [-0.15, -0.1) is 0 Å². The molecule has 1 N–H and O–H groups in total. The molecule has 0 unspecified atom stereocenters. The summed E-state index contributed by atoms with van der Waals surface area (Å²) in [5.41, 5.74) is 1.98. The SMILES string of the molecule is Cc1ccccc1C(=O)N(Cc1nc(C(=O)NC2CCCCC2)co1)C1CCCCC1. The highest BCUT2D eigenvalue weighted by molar-refractivity contribution is 5.96. The molecular formula is C25H33N3O3. The van der Waals surface area contributed by atoms with Crippen LogP contribution in [0.2, 0.25) is 0 Å². The van der Waals surface area contributed by atoms with Gasteiger partial charge < -0.3 is 14.6 Å². The number of aromatic nitrogens is 1. The van der Waals surface area contributed by atoms with E-state index in [-0.39, 0.29) is 30.4 Å². The zero-order valence-corrected chi connectivity index (χ0v) is 18.4. The number of oxazole rings is 1. The van der Waals surface area contributed by atoms with Crippen LogP contribution < -0.4 is 5.32 Å². The highest BCUT2D eigenvalue weighted by Gasteiger charge is 2.29. The summed E-state index contributed by atoms with van der Waals surface area (Å²) in [5, 5.41) is 3.08. The third-order valence-corrected chi connectivity index (χ3v) is 6.68. The highest BCUT2D eigenvalue weighted by atomic mass is 16.3. The molecule has 6 nitrogen and oxygen atoms in total. The van der Waals surface area contributed by atoms with Gasteiger partial charge in [-0.05, 0) is 44.2 Å². The number of amides is 2. The summed E-state index contributed by atoms with van der Waals surface area (Å²) in [6.45, 7) is 2.25. The molecule has 0 atom stereocenters. The minimum absolute atomic E-state index is 0.0106. The molecule has 2 aromatic rings. The molecule has 1 heterocycles. The molecule has 166 valence electrons. The fourth-order valence-corrected chi connectivity index (χ4v) is 4.87. The van der Waals surface area contributed by atoms with Gasteiger partial charge in [0.15, 0.2) is 5.69 Å². The first-order valence-corrected chi connectivity index (χ1v) is 11.7. The van der Waals surface area contributed by atoms with Gasteiger partial charge in [-0.1, -0.05) is 56.7 Å². The predicted molar refractivity (Wildman–Crippen MR) is 119 cm³/mol. The Morgan fingerprint density at radius 3 is 2.42 bits per heavy atom. The van der Waals surface area contributed by atoms with E-state index in [0.29, 0.717) is 11.6 Å². The lowest BCUT2D eigenvalue weighted by Crippen LogP contribution is -2.41. The second-order valence-electron chi connectivity index (χ2n) is 8.97. The van der Waals surface area contributed by atoms with Gasteiger partial charge in [0.1, 0.15) is 6.26 Å². The molecule has 0 saturated heterocycles. The van der Waals surface area contributed by atoms with Crippen molar-refractivity contribution in [1.29, 1.82) is 0 Å². The number of nitrogens with zero attached hydrogens (tertiary/aromatic N) is 2. The van der Waals surface area contributed by atoms with Gasteiger partial charge in [-0.25, -0.2) is 4.98 Å². The first-order chi connectivity index (χ1) is 15.1. The summed E-state index contributed by atoms with van der Waals surface area (Å²) in [6.07, 6.45) is 12.5. The van der Waals surface area contributed by atoms with E-state index in [1.54, 1.807) is 0 Å². The topological polar surface area (TPSA) is 75.4 Å². The number of hydrogen-bond donors (Lipinski definition) is 1. The van der Waals surface area contributed by atoms with Crippen LogP contribution in [0, 0.1) is 6.92 Å². The molecule has 1 aromatic carbocycles. The number of aryl methyl sites for hydroxylation is 1. The molecule has 2 aliphatic carbocycles. The largest absolute Gasteiger partial charge is 0.446 e. The zero-order chi connectivity index (χ0) is 21.6. The third kappa shape index (κ3) is 5.35. The van der Waals surface area contributed by atoms with Gasteiger partial charge in [0.2, 0.25) is 5.89 Å². The van der Waals surface area contributed by atoms with E-state index in [4.69, 9.17) is 4.42 Å². The van der Waals surface area contributed by atoms with Crippen LogP contribution in [0.3, 0.4) is 0 Å². The lowest BCUT2D eigenvalue weighted by atomic mass is 9.93. The van der Waals surface area contributed by atoms with Crippen molar-refractivity contribution >= 4 is 11.8 Å². The fraction of sp³-hybridized carbons (Fsp3) is 0.560. The lowest BCUT2D eigenvalue weighted by Gasteiger charge is -2.34. The second kappa shape index (κ2) is 10.1. The van der Waals surface area contributed by atoms with Crippen molar-refractivity contribution in [3.05, 3.63) is 53.2 Å². The smallest absolute Gasteiger partial charge is 0.273 e. The van der Waals surface area contributed by atoms with Crippen molar-refractivity contribution in [2.45, 2.75) is 89.8 Å². The Labute approximate surface area is 184 Å². The Kier molecular flexibility index (Phi) is 7.05. The maximum Gasteiger partial charge on any atom is 0.273 e. The van der Waals surface area contributed by atoms with Crippen LogP contribution in [0.4, 0.5) is 0 Å². The van der Waals surface area contributed by atoms with Gasteiger partial charge in [0.05, 0.1) is 6.54 Å². The molecule has 6 heteroatoms. The monoisotopic (exact) mass is 423 g/mol. The van der Waals surface area contributed by atoms with Crippen LogP contribution in [0.15, 0.2) is 34.9 Å². The zero-order valence-electron chi connectivity index (χ0n) is 18.4. The van der Waals surface area contributed by atoms with E-state index in [2.05, 4.69) is 10.3 Å². The minimum Gasteiger partial charge on any atom is -0.446 e. The first kappa shape index (κ1) is 21.6. The van der Waals surface area contributed by atoms with Crippen molar-refractivity contribution in [3.8, 4) is 0 Å². The maximum atomic E-state index is 13.4. The Balaban J connectivity index is 1.48. The van der Waals surface area contributed by atoms with Crippen LogP contribution in [-0.2, 0) is 6.54 Å². The van der Waals surface area contributed by atoms with Crippen molar-refractivity contribution in [3.63, 3.8) is 0 Å². The molecule has 0 spiro atoms. The molecule has 4 rings (SSSR count). The second-order valence-corrected chi connectivity index (χ2v) is 8.97. The van der Waals surface area contributed by atoms with E-state index in [1.807, 2.05) is 36.1 Å². The molecule has 0 radical (unpaired) electrons. The number of rotatable bonds is 6. The van der Waals surface area contributed by atoms with E-state index >= 15 is 0 Å². The molecule has 0 bridgehead atoms. The lowest BCUT2D eigenvalue weighted by molar-refractivity contribution is 0.0591. The van der Waals surface area contributed by atoms with Crippen molar-refractivity contribution in [1.82, 2.24) is 15.2 Å². The Morgan fingerprint density at radius 2 is 1.71 bits per heavy atom. The summed E-state index contributed by atoms with van der Waals surface area (Å²) in [6, 6.07) is 8.09. The summed E-state index contributed by atoms with van der Waals surface area (Å²) in [5.74, 6) is 0.244. The molecule has 2 aliphatic rings. The average Bonchev–Trinajstić information content (AvgIpc) is 3.28. The Bertz CT molecular complexity index is 895. The molecule has 2 saturated carbocycles. The number of carbonyl (C=O) groups is 2. The molecular weight excluding hydrogens is 390 g/mol. The maximum absolute atomic E-state index is 13.4. The summed E-state index contributed by atoms with van der Waals surface area (Å²) in [7, 11) is 0.